The molecule has 1 aromatic rings. The van der Waals surface area contributed by atoms with Crippen molar-refractivity contribution >= 4 is 27.5 Å². The molecule has 0 aliphatic heterocycles. The molecule has 0 spiro atoms. The van der Waals surface area contributed by atoms with Gasteiger partial charge in [0, 0.05) is 29.7 Å². The van der Waals surface area contributed by atoms with Gasteiger partial charge < -0.3 is 4.90 Å². The topological polar surface area (TPSA) is 63.5 Å². The van der Waals surface area contributed by atoms with Crippen molar-refractivity contribution in [3.63, 3.8) is 0 Å². The van der Waals surface area contributed by atoms with E-state index in [-0.39, 0.29) is 23.1 Å². The summed E-state index contributed by atoms with van der Waals surface area (Å²) < 4.78 is 0.557. The zero-order valence-electron chi connectivity index (χ0n) is 12.3. The molecular weight excluding hydrogens is 324 g/mol. The molecule has 1 amide bonds. The monoisotopic (exact) mass is 342 g/mol. The van der Waals surface area contributed by atoms with Gasteiger partial charge in [-0.15, -0.1) is 0 Å². The minimum absolute atomic E-state index is 0.00108. The summed E-state index contributed by atoms with van der Waals surface area (Å²) in [7, 11) is 1.71. The minimum Gasteiger partial charge on any atom is -0.338 e. The fourth-order valence-corrected chi connectivity index (χ4v) is 2.15. The average molecular weight is 343 g/mol. The summed E-state index contributed by atoms with van der Waals surface area (Å²) in [6.07, 6.45) is 0. The fraction of sp³-hybridized carbons (Fsp3) is 0.500. The highest BCUT2D eigenvalue weighted by molar-refractivity contribution is 9.10. The number of benzene rings is 1. The van der Waals surface area contributed by atoms with Crippen LogP contribution in [0.4, 0.5) is 5.69 Å². The number of hydrogen-bond acceptors (Lipinski definition) is 3. The smallest absolute Gasteiger partial charge is 0.270 e. The molecule has 0 N–H and O–H groups in total. The highest BCUT2D eigenvalue weighted by Crippen LogP contribution is 2.28. The molecule has 6 heteroatoms. The van der Waals surface area contributed by atoms with Crippen LogP contribution in [-0.2, 0) is 0 Å². The first kappa shape index (κ1) is 16.6. The van der Waals surface area contributed by atoms with Crippen molar-refractivity contribution in [2.24, 2.45) is 5.41 Å². The Morgan fingerprint density at radius 3 is 2.40 bits per heavy atom. The first-order valence-electron chi connectivity index (χ1n) is 6.26. The number of carbonyl (C=O) groups excluding carboxylic acids is 1. The predicted octanol–water partition coefficient (Wildman–Crippen LogP) is 3.86. The SMILES string of the molecule is CC(N(C)C(=O)c1cc([N+](=O)[O-])ccc1Br)C(C)(C)C. The lowest BCUT2D eigenvalue weighted by Crippen LogP contribution is -2.43. The molecule has 5 nitrogen and oxygen atoms in total. The number of hydrogen-bond donors (Lipinski definition) is 0. The van der Waals surface area contributed by atoms with Crippen LogP contribution in [-0.4, -0.2) is 28.8 Å². The molecule has 0 fully saturated rings. The molecule has 110 valence electrons. The Morgan fingerprint density at radius 1 is 1.40 bits per heavy atom. The lowest BCUT2D eigenvalue weighted by Gasteiger charge is -2.35. The second kappa shape index (κ2) is 5.91. The molecule has 0 radical (unpaired) electrons. The Morgan fingerprint density at radius 2 is 1.95 bits per heavy atom. The summed E-state index contributed by atoms with van der Waals surface area (Å²) >= 11 is 3.28. The molecule has 1 unspecified atom stereocenters. The molecule has 1 rings (SSSR count). The molecule has 0 bridgehead atoms. The average Bonchev–Trinajstić information content (AvgIpc) is 2.35. The van der Waals surface area contributed by atoms with Crippen LogP contribution < -0.4 is 0 Å². The van der Waals surface area contributed by atoms with Crippen molar-refractivity contribution in [3.05, 3.63) is 38.3 Å². The van der Waals surface area contributed by atoms with Crippen LogP contribution in [0.5, 0.6) is 0 Å². The van der Waals surface area contributed by atoms with E-state index in [0.717, 1.165) is 0 Å². The van der Waals surface area contributed by atoms with E-state index < -0.39 is 4.92 Å². The van der Waals surface area contributed by atoms with E-state index in [2.05, 4.69) is 15.9 Å². The van der Waals surface area contributed by atoms with Crippen LogP contribution >= 0.6 is 15.9 Å². The third kappa shape index (κ3) is 3.56. The Labute approximate surface area is 127 Å². The van der Waals surface area contributed by atoms with Gasteiger partial charge >= 0.3 is 0 Å². The van der Waals surface area contributed by atoms with Crippen molar-refractivity contribution < 1.29 is 9.72 Å². The third-order valence-corrected chi connectivity index (χ3v) is 4.24. The van der Waals surface area contributed by atoms with Gasteiger partial charge in [-0.05, 0) is 34.3 Å². The molecular formula is C14H19BrN2O3. The van der Waals surface area contributed by atoms with E-state index in [0.29, 0.717) is 10.0 Å². The molecule has 0 saturated heterocycles. The maximum absolute atomic E-state index is 12.5. The van der Waals surface area contributed by atoms with Crippen LogP contribution in [0, 0.1) is 15.5 Å². The summed E-state index contributed by atoms with van der Waals surface area (Å²) in [5.41, 5.74) is 0.142. The highest BCUT2D eigenvalue weighted by Gasteiger charge is 2.29. The summed E-state index contributed by atoms with van der Waals surface area (Å²) in [5, 5.41) is 10.8. The van der Waals surface area contributed by atoms with Crippen LogP contribution in [0.25, 0.3) is 0 Å². The van der Waals surface area contributed by atoms with E-state index in [1.165, 1.54) is 18.2 Å². The van der Waals surface area contributed by atoms with Gasteiger partial charge in [0.05, 0.1) is 10.5 Å². The normalized spacial score (nSPS) is 12.9. The quantitative estimate of drug-likeness (QED) is 0.618. The van der Waals surface area contributed by atoms with Gasteiger partial charge in [0.25, 0.3) is 11.6 Å². The molecule has 0 heterocycles. The van der Waals surface area contributed by atoms with E-state index in [9.17, 15) is 14.9 Å². The molecule has 0 aromatic heterocycles. The van der Waals surface area contributed by atoms with Gasteiger partial charge in [0.1, 0.15) is 0 Å². The summed E-state index contributed by atoms with van der Waals surface area (Å²) in [6.45, 7) is 8.10. The van der Waals surface area contributed by atoms with Crippen molar-refractivity contribution in [3.8, 4) is 0 Å². The Kier molecular flexibility index (Phi) is 4.91. The number of non-ortho nitro benzene ring substituents is 1. The summed E-state index contributed by atoms with van der Waals surface area (Å²) in [5.74, 6) is -0.233. The Balaban J connectivity index is 3.15. The number of nitro groups is 1. The lowest BCUT2D eigenvalue weighted by molar-refractivity contribution is -0.384. The maximum Gasteiger partial charge on any atom is 0.270 e. The minimum atomic E-state index is -0.504. The summed E-state index contributed by atoms with van der Waals surface area (Å²) in [4.78, 5) is 24.4. The van der Waals surface area contributed by atoms with Crippen LogP contribution in [0.1, 0.15) is 38.1 Å². The molecule has 0 aliphatic rings. The van der Waals surface area contributed by atoms with E-state index >= 15 is 0 Å². The van der Waals surface area contributed by atoms with Gasteiger partial charge in [-0.2, -0.15) is 0 Å². The zero-order valence-corrected chi connectivity index (χ0v) is 13.9. The zero-order chi connectivity index (χ0) is 15.7. The van der Waals surface area contributed by atoms with Gasteiger partial charge in [-0.3, -0.25) is 14.9 Å². The second-order valence-corrected chi connectivity index (χ2v) is 6.73. The van der Waals surface area contributed by atoms with Crippen molar-refractivity contribution in [1.82, 2.24) is 4.90 Å². The second-order valence-electron chi connectivity index (χ2n) is 5.88. The number of halogens is 1. The van der Waals surface area contributed by atoms with Crippen molar-refractivity contribution in [2.75, 3.05) is 7.05 Å². The van der Waals surface area contributed by atoms with Crippen LogP contribution in [0.15, 0.2) is 22.7 Å². The van der Waals surface area contributed by atoms with Gasteiger partial charge in [-0.25, -0.2) is 0 Å². The maximum atomic E-state index is 12.5. The number of nitrogens with zero attached hydrogens (tertiary/aromatic N) is 2. The summed E-state index contributed by atoms with van der Waals surface area (Å²) in [6, 6.07) is 4.20. The van der Waals surface area contributed by atoms with E-state index in [1.807, 2.05) is 27.7 Å². The number of nitro benzene ring substituents is 1. The number of rotatable bonds is 3. The molecule has 0 aliphatic carbocycles. The van der Waals surface area contributed by atoms with Crippen molar-refractivity contribution in [2.45, 2.75) is 33.7 Å². The van der Waals surface area contributed by atoms with Crippen molar-refractivity contribution in [1.29, 1.82) is 0 Å². The largest absolute Gasteiger partial charge is 0.338 e. The Bertz CT molecular complexity index is 538. The first-order chi connectivity index (χ1) is 9.05. The van der Waals surface area contributed by atoms with E-state index in [4.69, 9.17) is 0 Å². The van der Waals surface area contributed by atoms with Crippen LogP contribution in [0.2, 0.25) is 0 Å². The number of carbonyl (C=O) groups is 1. The van der Waals surface area contributed by atoms with Gasteiger partial charge in [-0.1, -0.05) is 20.8 Å². The highest BCUT2D eigenvalue weighted by atomic mass is 79.9. The molecule has 1 atom stereocenters. The Hall–Kier alpha value is -1.43. The fourth-order valence-electron chi connectivity index (χ4n) is 1.74. The third-order valence-electron chi connectivity index (χ3n) is 3.55. The van der Waals surface area contributed by atoms with E-state index in [1.54, 1.807) is 11.9 Å². The van der Waals surface area contributed by atoms with Gasteiger partial charge in [0.2, 0.25) is 0 Å². The standard InChI is InChI=1S/C14H19BrN2O3/c1-9(14(2,3)4)16(5)13(18)11-8-10(17(19)20)6-7-12(11)15/h6-9H,1-5H3. The molecule has 1 aromatic carbocycles. The predicted molar refractivity (Wildman–Crippen MR) is 81.8 cm³/mol. The molecule has 20 heavy (non-hydrogen) atoms. The lowest BCUT2D eigenvalue weighted by atomic mass is 9.87. The molecule has 0 saturated carbocycles. The van der Waals surface area contributed by atoms with Crippen LogP contribution in [0.3, 0.4) is 0 Å². The number of amides is 1. The van der Waals surface area contributed by atoms with Gasteiger partial charge in [0.15, 0.2) is 0 Å². The first-order valence-corrected chi connectivity index (χ1v) is 7.06.